The number of nitrogens with one attached hydrogen (secondary N) is 1. The summed E-state index contributed by atoms with van der Waals surface area (Å²) in [6, 6.07) is 4.20. The molecule has 0 aliphatic heterocycles. The van der Waals surface area contributed by atoms with Gasteiger partial charge >= 0.3 is 5.97 Å². The molecule has 1 aromatic rings. The van der Waals surface area contributed by atoms with Crippen LogP contribution in [0.5, 0.6) is 0 Å². The molecule has 0 radical (unpaired) electrons. The number of carbonyl (C=O) groups is 1. The van der Waals surface area contributed by atoms with Gasteiger partial charge in [-0.25, -0.2) is 0 Å². The molecule has 0 aliphatic rings. The van der Waals surface area contributed by atoms with Gasteiger partial charge in [0.1, 0.15) is 5.54 Å². The van der Waals surface area contributed by atoms with E-state index in [0.29, 0.717) is 6.42 Å². The fraction of sp³-hybridized carbons (Fsp3) is 0.600. The van der Waals surface area contributed by atoms with Crippen LogP contribution in [0, 0.1) is 0 Å². The SMILES string of the molecule is CNC(C)(CC(C)N(C)CCc1ccncc1)C(=O)O. The van der Waals surface area contributed by atoms with Crippen LogP contribution in [-0.2, 0) is 11.2 Å². The molecule has 5 nitrogen and oxygen atoms in total. The maximum atomic E-state index is 11.3. The van der Waals surface area contributed by atoms with E-state index < -0.39 is 11.5 Å². The van der Waals surface area contributed by atoms with E-state index >= 15 is 0 Å². The molecule has 0 amide bonds. The van der Waals surface area contributed by atoms with Gasteiger partial charge in [-0.1, -0.05) is 0 Å². The van der Waals surface area contributed by atoms with Gasteiger partial charge in [-0.2, -0.15) is 0 Å². The predicted octanol–water partition coefficient (Wildman–Crippen LogP) is 1.40. The van der Waals surface area contributed by atoms with Crippen molar-refractivity contribution in [3.8, 4) is 0 Å². The van der Waals surface area contributed by atoms with Crippen molar-refractivity contribution in [1.82, 2.24) is 15.2 Å². The van der Waals surface area contributed by atoms with E-state index in [1.54, 1.807) is 26.4 Å². The van der Waals surface area contributed by atoms with Crippen LogP contribution in [0.1, 0.15) is 25.8 Å². The summed E-state index contributed by atoms with van der Waals surface area (Å²) in [7, 11) is 3.72. The van der Waals surface area contributed by atoms with E-state index in [9.17, 15) is 9.90 Å². The third kappa shape index (κ3) is 4.58. The van der Waals surface area contributed by atoms with Crippen LogP contribution >= 0.6 is 0 Å². The Morgan fingerprint density at radius 1 is 1.50 bits per heavy atom. The average molecular weight is 279 g/mol. The van der Waals surface area contributed by atoms with Crippen LogP contribution < -0.4 is 5.32 Å². The number of hydrogen-bond donors (Lipinski definition) is 2. The average Bonchev–Trinajstić information content (AvgIpc) is 2.45. The van der Waals surface area contributed by atoms with Gasteiger partial charge in [0.05, 0.1) is 0 Å². The van der Waals surface area contributed by atoms with E-state index in [1.165, 1.54) is 5.56 Å². The Kier molecular flexibility index (Phi) is 6.10. The van der Waals surface area contributed by atoms with Crippen LogP contribution in [0.2, 0.25) is 0 Å². The van der Waals surface area contributed by atoms with E-state index in [4.69, 9.17) is 0 Å². The summed E-state index contributed by atoms with van der Waals surface area (Å²) in [6.07, 6.45) is 5.08. The zero-order valence-corrected chi connectivity index (χ0v) is 12.8. The van der Waals surface area contributed by atoms with Crippen molar-refractivity contribution < 1.29 is 9.90 Å². The lowest BCUT2D eigenvalue weighted by Gasteiger charge is -2.32. The van der Waals surface area contributed by atoms with Crippen LogP contribution in [0.4, 0.5) is 0 Å². The van der Waals surface area contributed by atoms with E-state index in [-0.39, 0.29) is 6.04 Å². The standard InChI is InChI=1S/C15H25N3O2/c1-12(11-15(2,16-3)14(19)20)18(4)10-7-13-5-8-17-9-6-13/h5-6,8-9,12,16H,7,10-11H2,1-4H3,(H,19,20). The first kappa shape index (κ1) is 16.6. The molecule has 1 heterocycles. The number of likely N-dealkylation sites (N-methyl/N-ethyl adjacent to an activating group) is 2. The number of carboxylic acid groups (broad SMARTS) is 1. The summed E-state index contributed by atoms with van der Waals surface area (Å²) in [5.41, 5.74) is 0.360. The topological polar surface area (TPSA) is 65.5 Å². The van der Waals surface area contributed by atoms with Crippen LogP contribution in [0.15, 0.2) is 24.5 Å². The first-order valence-corrected chi connectivity index (χ1v) is 6.90. The smallest absolute Gasteiger partial charge is 0.323 e. The van der Waals surface area contributed by atoms with Gasteiger partial charge in [0.25, 0.3) is 0 Å². The second-order valence-electron chi connectivity index (χ2n) is 5.53. The van der Waals surface area contributed by atoms with Gasteiger partial charge in [-0.15, -0.1) is 0 Å². The van der Waals surface area contributed by atoms with Crippen LogP contribution in [0.3, 0.4) is 0 Å². The van der Waals surface area contributed by atoms with Crippen molar-refractivity contribution in [2.45, 2.75) is 38.3 Å². The molecular formula is C15H25N3O2. The number of nitrogens with zero attached hydrogens (tertiary/aromatic N) is 2. The molecule has 20 heavy (non-hydrogen) atoms. The Morgan fingerprint density at radius 2 is 2.10 bits per heavy atom. The van der Waals surface area contributed by atoms with Gasteiger partial charge in [-0.3, -0.25) is 9.78 Å². The van der Waals surface area contributed by atoms with E-state index in [0.717, 1.165) is 13.0 Å². The normalized spacial score (nSPS) is 15.8. The lowest BCUT2D eigenvalue weighted by Crippen LogP contribution is -2.51. The highest BCUT2D eigenvalue weighted by atomic mass is 16.4. The predicted molar refractivity (Wildman–Crippen MR) is 79.8 cm³/mol. The van der Waals surface area contributed by atoms with E-state index in [1.807, 2.05) is 19.2 Å². The Balaban J connectivity index is 2.50. The molecule has 0 spiro atoms. The second kappa shape index (κ2) is 7.36. The summed E-state index contributed by atoms with van der Waals surface area (Å²) in [6.45, 7) is 4.68. The van der Waals surface area contributed by atoms with Gasteiger partial charge in [0.2, 0.25) is 0 Å². The number of carboxylic acids is 1. The summed E-state index contributed by atoms with van der Waals surface area (Å²) < 4.78 is 0. The van der Waals surface area contributed by atoms with Gasteiger partial charge < -0.3 is 15.3 Å². The molecule has 0 saturated heterocycles. The molecule has 1 rings (SSSR count). The second-order valence-corrected chi connectivity index (χ2v) is 5.53. The van der Waals surface area contributed by atoms with Crippen molar-refractivity contribution in [3.63, 3.8) is 0 Å². The van der Waals surface area contributed by atoms with Gasteiger partial charge in [0, 0.05) is 25.0 Å². The van der Waals surface area contributed by atoms with Crippen LogP contribution in [0.25, 0.3) is 0 Å². The molecule has 2 atom stereocenters. The summed E-state index contributed by atoms with van der Waals surface area (Å²) in [4.78, 5) is 17.5. The molecule has 0 bridgehead atoms. The highest BCUT2D eigenvalue weighted by molar-refractivity contribution is 5.78. The molecule has 0 fully saturated rings. The van der Waals surface area contributed by atoms with Crippen molar-refractivity contribution in [2.75, 3.05) is 20.6 Å². The molecule has 112 valence electrons. The maximum absolute atomic E-state index is 11.3. The molecule has 1 aromatic heterocycles. The van der Waals surface area contributed by atoms with Gasteiger partial charge in [0.15, 0.2) is 0 Å². The lowest BCUT2D eigenvalue weighted by atomic mass is 9.93. The number of aromatic nitrogens is 1. The van der Waals surface area contributed by atoms with Crippen LogP contribution in [-0.4, -0.2) is 53.2 Å². The molecule has 2 N–H and O–H groups in total. The summed E-state index contributed by atoms with van der Waals surface area (Å²) in [5, 5.41) is 12.2. The molecule has 5 heteroatoms. The van der Waals surface area contributed by atoms with Crippen molar-refractivity contribution in [3.05, 3.63) is 30.1 Å². The third-order valence-electron chi connectivity index (χ3n) is 3.98. The Bertz CT molecular complexity index is 424. The van der Waals surface area contributed by atoms with Crippen molar-refractivity contribution in [1.29, 1.82) is 0 Å². The molecule has 0 aliphatic carbocycles. The fourth-order valence-corrected chi connectivity index (χ4v) is 2.12. The first-order valence-electron chi connectivity index (χ1n) is 6.90. The highest BCUT2D eigenvalue weighted by Gasteiger charge is 2.33. The third-order valence-corrected chi connectivity index (χ3v) is 3.98. The maximum Gasteiger partial charge on any atom is 0.323 e. The zero-order valence-electron chi connectivity index (χ0n) is 12.8. The fourth-order valence-electron chi connectivity index (χ4n) is 2.12. The van der Waals surface area contributed by atoms with Crippen molar-refractivity contribution in [2.24, 2.45) is 0 Å². The minimum atomic E-state index is -0.885. The Morgan fingerprint density at radius 3 is 2.60 bits per heavy atom. The first-order chi connectivity index (χ1) is 9.39. The number of hydrogen-bond acceptors (Lipinski definition) is 4. The minimum Gasteiger partial charge on any atom is -0.480 e. The number of rotatable bonds is 8. The number of pyridine rings is 1. The molecule has 2 unspecified atom stereocenters. The summed E-state index contributed by atoms with van der Waals surface area (Å²) in [5.74, 6) is -0.811. The zero-order chi connectivity index (χ0) is 15.2. The quantitative estimate of drug-likeness (QED) is 0.753. The minimum absolute atomic E-state index is 0.186. The Hall–Kier alpha value is -1.46. The summed E-state index contributed by atoms with van der Waals surface area (Å²) >= 11 is 0. The highest BCUT2D eigenvalue weighted by Crippen LogP contribution is 2.16. The number of aliphatic carboxylic acids is 1. The molecule has 0 saturated carbocycles. The van der Waals surface area contributed by atoms with Crippen molar-refractivity contribution >= 4 is 5.97 Å². The lowest BCUT2D eigenvalue weighted by molar-refractivity contribution is -0.144. The molecular weight excluding hydrogens is 254 g/mol. The monoisotopic (exact) mass is 279 g/mol. The Labute approximate surface area is 121 Å². The van der Waals surface area contributed by atoms with Gasteiger partial charge in [-0.05, 0) is 58.5 Å². The molecule has 0 aromatic carbocycles. The van der Waals surface area contributed by atoms with E-state index in [2.05, 4.69) is 22.1 Å². The largest absolute Gasteiger partial charge is 0.480 e.